The van der Waals surface area contributed by atoms with E-state index in [1.54, 1.807) is 0 Å². The molecule has 0 aromatic heterocycles. The molecule has 4 aromatic carbocycles. The summed E-state index contributed by atoms with van der Waals surface area (Å²) in [5.74, 6) is 0. The Hall–Kier alpha value is -2.41. The van der Waals surface area contributed by atoms with Crippen molar-refractivity contribution in [3.63, 3.8) is 0 Å². The number of halogens is 1. The Morgan fingerprint density at radius 2 is 1.10 bits per heavy atom. The summed E-state index contributed by atoms with van der Waals surface area (Å²) in [7, 11) is -2.99. The molecule has 0 saturated carbocycles. The molecule has 0 aliphatic heterocycles. The lowest BCUT2D eigenvalue weighted by molar-refractivity contribution is 0.592. The van der Waals surface area contributed by atoms with E-state index in [0.29, 0.717) is 0 Å². The molecule has 0 spiro atoms. The Morgan fingerprint density at radius 3 is 1.68 bits per heavy atom. The summed E-state index contributed by atoms with van der Waals surface area (Å²) in [6.45, 7) is 0. The second-order valence-electron chi connectivity index (χ2n) is 8.17. The van der Waals surface area contributed by atoms with Crippen LogP contribution in [-0.4, -0.2) is 0 Å². The summed E-state index contributed by atoms with van der Waals surface area (Å²) >= 11 is 3.76. The molecule has 0 saturated heterocycles. The van der Waals surface area contributed by atoms with Crippen LogP contribution >= 0.6 is 23.1 Å². The van der Waals surface area contributed by atoms with Crippen LogP contribution < -0.4 is 15.9 Å². The smallest absolute Gasteiger partial charge is 0.171 e. The molecule has 0 radical (unpaired) electrons. The van der Waals surface area contributed by atoms with Gasteiger partial charge < -0.3 is 4.57 Å². The fourth-order valence-corrected chi connectivity index (χ4v) is 8.08. The van der Waals surface area contributed by atoms with Gasteiger partial charge >= 0.3 is 0 Å². The van der Waals surface area contributed by atoms with Crippen LogP contribution in [0.2, 0.25) is 0 Å². The highest BCUT2D eigenvalue weighted by atomic mass is 79.9. The van der Waals surface area contributed by atoms with E-state index in [4.69, 9.17) is 0 Å². The first-order valence-corrected chi connectivity index (χ1v) is 13.3. The summed E-state index contributed by atoms with van der Waals surface area (Å²) in [5, 5.41) is 2.79. The zero-order valence-corrected chi connectivity index (χ0v) is 19.8. The van der Waals surface area contributed by atoms with Crippen molar-refractivity contribution in [1.82, 2.24) is 0 Å². The molecule has 154 valence electrons. The predicted octanol–water partition coefficient (Wildman–Crippen LogP) is 5.97. The number of aryl methyl sites for hydroxylation is 4. The van der Waals surface area contributed by atoms with Crippen LogP contribution in [0.15, 0.2) is 102 Å². The standard InChI is InChI=1S/C28H24BrOP/c29-27-19-21-11-12-22-14-16-24(18-17-23(27)15-13-21)28(20-22)31(30,25-7-3-1-4-8-25)26-9-5-2-6-10-26/h1-10,13-16,19-20H,11-12,17-18H2. The lowest BCUT2D eigenvalue weighted by Crippen LogP contribution is -2.28. The predicted molar refractivity (Wildman–Crippen MR) is 135 cm³/mol. The Kier molecular flexibility index (Phi) is 5.69. The van der Waals surface area contributed by atoms with E-state index in [9.17, 15) is 0 Å². The molecular formula is C28H24BrOP. The molecule has 0 amide bonds. The van der Waals surface area contributed by atoms with Gasteiger partial charge in [-0.15, -0.1) is 0 Å². The number of rotatable bonds is 3. The molecule has 0 heterocycles. The van der Waals surface area contributed by atoms with Crippen molar-refractivity contribution >= 4 is 39.0 Å². The first kappa shape index (κ1) is 20.5. The second-order valence-corrected chi connectivity index (χ2v) is 11.8. The van der Waals surface area contributed by atoms with E-state index in [1.165, 1.54) is 26.7 Å². The number of benzene rings is 4. The molecule has 31 heavy (non-hydrogen) atoms. The normalized spacial score (nSPS) is 13.6. The summed E-state index contributed by atoms with van der Waals surface area (Å²) in [4.78, 5) is 0. The summed E-state index contributed by atoms with van der Waals surface area (Å²) in [6, 6.07) is 33.4. The van der Waals surface area contributed by atoms with E-state index in [-0.39, 0.29) is 0 Å². The zero-order chi connectivity index (χ0) is 21.3. The maximum absolute atomic E-state index is 15.0. The topological polar surface area (TPSA) is 17.1 Å². The molecule has 4 bridgehead atoms. The first-order valence-electron chi connectivity index (χ1n) is 10.8. The van der Waals surface area contributed by atoms with Crippen molar-refractivity contribution in [3.05, 3.63) is 124 Å². The summed E-state index contributed by atoms with van der Waals surface area (Å²) in [6.07, 6.45) is 3.68. The highest BCUT2D eigenvalue weighted by Gasteiger charge is 2.32. The molecule has 0 atom stereocenters. The summed E-state index contributed by atoms with van der Waals surface area (Å²) < 4.78 is 16.2. The highest BCUT2D eigenvalue weighted by Crippen LogP contribution is 2.44. The highest BCUT2D eigenvalue weighted by molar-refractivity contribution is 9.10. The van der Waals surface area contributed by atoms with Gasteiger partial charge in [0.15, 0.2) is 7.14 Å². The third kappa shape index (κ3) is 3.95. The Morgan fingerprint density at radius 1 is 0.581 bits per heavy atom. The van der Waals surface area contributed by atoms with Crippen molar-refractivity contribution < 1.29 is 4.57 Å². The lowest BCUT2D eigenvalue weighted by atomic mass is 9.97. The van der Waals surface area contributed by atoms with Crippen LogP contribution in [0, 0.1) is 0 Å². The van der Waals surface area contributed by atoms with E-state index in [2.05, 4.69) is 52.3 Å². The van der Waals surface area contributed by atoms with E-state index < -0.39 is 7.14 Å². The van der Waals surface area contributed by atoms with Crippen molar-refractivity contribution in [2.75, 3.05) is 0 Å². The molecule has 0 unspecified atom stereocenters. The fraction of sp³-hybridized carbons (Fsp3) is 0.143. The minimum Gasteiger partial charge on any atom is -0.309 e. The van der Waals surface area contributed by atoms with Gasteiger partial charge in [-0.2, -0.15) is 0 Å². The SMILES string of the molecule is O=P(c1ccccc1)(c1ccccc1)c1cc2ccc1CCc1ccc(cc1Br)CC2. The van der Waals surface area contributed by atoms with Gasteiger partial charge in [0.1, 0.15) is 0 Å². The van der Waals surface area contributed by atoms with Gasteiger partial charge in [-0.1, -0.05) is 101 Å². The Balaban J connectivity index is 1.71. The second kappa shape index (κ2) is 8.61. The number of hydrogen-bond acceptors (Lipinski definition) is 1. The minimum atomic E-state index is -2.99. The van der Waals surface area contributed by atoms with E-state index in [0.717, 1.165) is 41.6 Å². The monoisotopic (exact) mass is 486 g/mol. The largest absolute Gasteiger partial charge is 0.309 e. The van der Waals surface area contributed by atoms with Crippen molar-refractivity contribution in [2.45, 2.75) is 25.7 Å². The van der Waals surface area contributed by atoms with Crippen molar-refractivity contribution in [3.8, 4) is 0 Å². The molecule has 1 nitrogen and oxygen atoms in total. The van der Waals surface area contributed by atoms with E-state index >= 15 is 4.57 Å². The van der Waals surface area contributed by atoms with Gasteiger partial charge in [0.2, 0.25) is 0 Å². The maximum atomic E-state index is 15.0. The maximum Gasteiger partial charge on any atom is 0.171 e. The summed E-state index contributed by atoms with van der Waals surface area (Å²) in [5.41, 5.74) is 5.05. The molecule has 4 aromatic rings. The first-order chi connectivity index (χ1) is 15.1. The number of hydrogen-bond donors (Lipinski definition) is 0. The molecule has 0 N–H and O–H groups in total. The zero-order valence-electron chi connectivity index (χ0n) is 17.3. The molecule has 0 fully saturated rings. The van der Waals surface area contributed by atoms with Crippen LogP contribution in [0.1, 0.15) is 22.3 Å². The molecular weight excluding hydrogens is 463 g/mol. The fourth-order valence-electron chi connectivity index (χ4n) is 4.48. The third-order valence-corrected chi connectivity index (χ3v) is 10.1. The molecule has 3 heteroatoms. The van der Waals surface area contributed by atoms with Crippen molar-refractivity contribution in [2.24, 2.45) is 0 Å². The van der Waals surface area contributed by atoms with Crippen LogP contribution in [0.25, 0.3) is 0 Å². The molecule has 4 aliphatic carbocycles. The van der Waals surface area contributed by atoms with E-state index in [1.807, 2.05) is 60.7 Å². The van der Waals surface area contributed by atoms with Crippen molar-refractivity contribution in [1.29, 1.82) is 0 Å². The lowest BCUT2D eigenvalue weighted by Gasteiger charge is -2.24. The van der Waals surface area contributed by atoms with Gasteiger partial charge in [-0.3, -0.25) is 0 Å². The van der Waals surface area contributed by atoms with Gasteiger partial charge in [0, 0.05) is 20.4 Å². The Bertz CT molecular complexity index is 1220. The van der Waals surface area contributed by atoms with Gasteiger partial charge in [-0.05, 0) is 60.1 Å². The molecule has 8 rings (SSSR count). The van der Waals surface area contributed by atoms with Crippen LogP contribution in [0.3, 0.4) is 0 Å². The minimum absolute atomic E-state index is 0.858. The Labute approximate surface area is 192 Å². The van der Waals surface area contributed by atoms with Crippen LogP contribution in [0.5, 0.6) is 0 Å². The van der Waals surface area contributed by atoms with Gasteiger partial charge in [0.05, 0.1) is 0 Å². The van der Waals surface area contributed by atoms with Gasteiger partial charge in [-0.25, -0.2) is 0 Å². The third-order valence-electron chi connectivity index (χ3n) is 6.21. The molecule has 4 aliphatic rings. The quantitative estimate of drug-likeness (QED) is 0.326. The van der Waals surface area contributed by atoms with Gasteiger partial charge in [0.25, 0.3) is 0 Å². The van der Waals surface area contributed by atoms with Crippen LogP contribution in [0.4, 0.5) is 0 Å². The average molecular weight is 487 g/mol. The van der Waals surface area contributed by atoms with Crippen LogP contribution in [-0.2, 0) is 30.2 Å². The average Bonchev–Trinajstić information content (AvgIpc) is 2.82.